The van der Waals surface area contributed by atoms with Crippen molar-refractivity contribution in [3.05, 3.63) is 59.5 Å². The van der Waals surface area contributed by atoms with Gasteiger partial charge in [0.05, 0.1) is 22.3 Å². The largest absolute Gasteiger partial charge is 0.508 e. The van der Waals surface area contributed by atoms with Gasteiger partial charge in [0.15, 0.2) is 5.65 Å². The minimum absolute atomic E-state index is 0.145. The van der Waals surface area contributed by atoms with Crippen molar-refractivity contribution < 1.29 is 9.50 Å². The molecule has 1 aliphatic rings. The third-order valence-corrected chi connectivity index (χ3v) is 6.38. The van der Waals surface area contributed by atoms with Crippen LogP contribution in [0.4, 0.5) is 10.1 Å². The second-order valence-corrected chi connectivity index (χ2v) is 9.82. The van der Waals surface area contributed by atoms with Crippen LogP contribution in [0.1, 0.15) is 32.0 Å². The molecule has 3 N–H and O–H groups in total. The number of piperazine rings is 1. The van der Waals surface area contributed by atoms with Gasteiger partial charge < -0.3 is 15.3 Å². The second-order valence-electron chi connectivity index (χ2n) is 9.82. The zero-order valence-corrected chi connectivity index (χ0v) is 20.0. The average molecular weight is 471 g/mol. The van der Waals surface area contributed by atoms with Crippen molar-refractivity contribution in [3.63, 3.8) is 0 Å². The first-order valence-corrected chi connectivity index (χ1v) is 11.7. The molecule has 0 bridgehead atoms. The number of nitrogens with zero attached hydrogens (tertiary/aromatic N) is 4. The summed E-state index contributed by atoms with van der Waals surface area (Å²) in [6, 6.07) is 14.3. The number of phenols is 1. The molecule has 4 aromatic rings. The quantitative estimate of drug-likeness (QED) is 0.401. The summed E-state index contributed by atoms with van der Waals surface area (Å²) in [7, 11) is 0. The third kappa shape index (κ3) is 4.08. The fourth-order valence-corrected chi connectivity index (χ4v) is 4.65. The number of hydrogen-bond acceptors (Lipinski definition) is 6. The van der Waals surface area contributed by atoms with E-state index in [9.17, 15) is 14.8 Å². The van der Waals surface area contributed by atoms with Gasteiger partial charge in [-0.25, -0.2) is 9.37 Å². The lowest BCUT2D eigenvalue weighted by Crippen LogP contribution is -2.43. The van der Waals surface area contributed by atoms with Crippen LogP contribution in [0.5, 0.6) is 5.75 Å². The van der Waals surface area contributed by atoms with E-state index in [4.69, 9.17) is 0 Å². The smallest absolute Gasteiger partial charge is 0.156 e. The van der Waals surface area contributed by atoms with Crippen LogP contribution in [-0.2, 0) is 5.41 Å². The minimum atomic E-state index is -0.649. The number of nitriles is 1. The number of phenolic OH excluding ortho intramolecular Hbond substituents is 1. The van der Waals surface area contributed by atoms with E-state index in [-0.39, 0.29) is 28.0 Å². The molecule has 1 saturated heterocycles. The van der Waals surface area contributed by atoms with Gasteiger partial charge >= 0.3 is 0 Å². The number of fused-ring (bicyclic) bond motifs is 1. The molecule has 2 aromatic heterocycles. The van der Waals surface area contributed by atoms with Crippen molar-refractivity contribution in [1.82, 2.24) is 20.5 Å². The minimum Gasteiger partial charge on any atom is -0.508 e. The number of anilines is 1. The molecule has 0 aliphatic carbocycles. The zero-order valence-electron chi connectivity index (χ0n) is 20.0. The van der Waals surface area contributed by atoms with Gasteiger partial charge in [0.25, 0.3) is 0 Å². The van der Waals surface area contributed by atoms with E-state index in [1.807, 2.05) is 12.1 Å². The maximum Gasteiger partial charge on any atom is 0.156 e. The first-order chi connectivity index (χ1) is 16.8. The average Bonchev–Trinajstić information content (AvgIpc) is 3.28. The fourth-order valence-electron chi connectivity index (χ4n) is 4.65. The summed E-state index contributed by atoms with van der Waals surface area (Å²) in [5, 5.41) is 31.7. The highest BCUT2D eigenvalue weighted by molar-refractivity contribution is 6.01. The van der Waals surface area contributed by atoms with Crippen molar-refractivity contribution in [2.24, 2.45) is 0 Å². The Bertz CT molecular complexity index is 1440. The maximum atomic E-state index is 14.9. The molecule has 0 atom stereocenters. The van der Waals surface area contributed by atoms with Gasteiger partial charge in [-0.15, -0.1) is 0 Å². The van der Waals surface area contributed by atoms with Crippen molar-refractivity contribution >= 4 is 16.7 Å². The van der Waals surface area contributed by atoms with Crippen molar-refractivity contribution in [2.75, 3.05) is 31.1 Å². The molecule has 0 amide bonds. The number of hydrogen-bond donors (Lipinski definition) is 3. The Morgan fingerprint density at radius 3 is 2.43 bits per heavy atom. The molecule has 178 valence electrons. The van der Waals surface area contributed by atoms with Crippen LogP contribution in [0, 0.1) is 17.1 Å². The van der Waals surface area contributed by atoms with E-state index < -0.39 is 5.82 Å². The van der Waals surface area contributed by atoms with E-state index in [1.165, 1.54) is 12.1 Å². The summed E-state index contributed by atoms with van der Waals surface area (Å²) < 4.78 is 14.9. The van der Waals surface area contributed by atoms with E-state index in [0.29, 0.717) is 11.2 Å². The van der Waals surface area contributed by atoms with Crippen molar-refractivity contribution in [1.29, 1.82) is 5.26 Å². The number of aromatic hydroxyl groups is 1. The van der Waals surface area contributed by atoms with Gasteiger partial charge in [0, 0.05) is 54.5 Å². The molecule has 5 rings (SSSR count). The fraction of sp³-hybridized carbons (Fsp3) is 0.296. The van der Waals surface area contributed by atoms with Gasteiger partial charge in [-0.1, -0.05) is 32.9 Å². The summed E-state index contributed by atoms with van der Waals surface area (Å²) in [5.41, 5.74) is 4.21. The molecule has 8 heteroatoms. The topological polar surface area (TPSA) is 101 Å². The van der Waals surface area contributed by atoms with Crippen molar-refractivity contribution in [3.8, 4) is 34.2 Å². The van der Waals surface area contributed by atoms with E-state index in [2.05, 4.69) is 64.4 Å². The number of benzene rings is 2. The molecule has 35 heavy (non-hydrogen) atoms. The van der Waals surface area contributed by atoms with Crippen LogP contribution >= 0.6 is 0 Å². The summed E-state index contributed by atoms with van der Waals surface area (Å²) in [6.07, 6.45) is 0. The Hall–Kier alpha value is -3.96. The number of H-pyrrole nitrogens is 1. The van der Waals surface area contributed by atoms with E-state index >= 15 is 0 Å². The molecular weight excluding hydrogens is 443 g/mol. The lowest BCUT2D eigenvalue weighted by atomic mass is 9.85. The monoisotopic (exact) mass is 470 g/mol. The lowest BCUT2D eigenvalue weighted by Gasteiger charge is -2.29. The highest BCUT2D eigenvalue weighted by Crippen LogP contribution is 2.41. The predicted molar refractivity (Wildman–Crippen MR) is 135 cm³/mol. The van der Waals surface area contributed by atoms with Crippen LogP contribution in [0.25, 0.3) is 33.4 Å². The normalized spacial score (nSPS) is 14.3. The molecule has 3 heterocycles. The van der Waals surface area contributed by atoms with Crippen LogP contribution < -0.4 is 10.2 Å². The third-order valence-electron chi connectivity index (χ3n) is 6.38. The molecular formula is C27H27FN6O. The molecule has 7 nitrogen and oxygen atoms in total. The number of aromatic amines is 1. The second kappa shape index (κ2) is 8.67. The lowest BCUT2D eigenvalue weighted by molar-refractivity contribution is 0.469. The van der Waals surface area contributed by atoms with Gasteiger partial charge in [-0.3, -0.25) is 5.10 Å². The first kappa shape index (κ1) is 22.8. The van der Waals surface area contributed by atoms with Crippen LogP contribution in [0.2, 0.25) is 0 Å². The number of nitrogens with one attached hydrogen (secondary N) is 2. The van der Waals surface area contributed by atoms with Gasteiger partial charge in [-0.05, 0) is 29.8 Å². The summed E-state index contributed by atoms with van der Waals surface area (Å²) in [4.78, 5) is 6.96. The molecule has 0 unspecified atom stereocenters. The standard InChI is InChI=1S/C27H27FN6O/c1-27(2,3)25-23-22(16-4-6-17(7-5-16)34-12-10-30-11-13-34)20(15-29)24(31-26(23)33-32-25)19-9-8-18(35)14-21(19)28/h4-9,14,30,35H,10-13H2,1-3H3,(H,31,32,33). The first-order valence-electron chi connectivity index (χ1n) is 11.7. The van der Waals surface area contributed by atoms with Gasteiger partial charge in [-0.2, -0.15) is 10.4 Å². The highest BCUT2D eigenvalue weighted by atomic mass is 19.1. The Kier molecular flexibility index (Phi) is 5.65. The molecule has 1 aliphatic heterocycles. The molecule has 0 radical (unpaired) electrons. The Balaban J connectivity index is 1.77. The summed E-state index contributed by atoms with van der Waals surface area (Å²) in [6.45, 7) is 9.91. The van der Waals surface area contributed by atoms with E-state index in [0.717, 1.165) is 54.6 Å². The highest BCUT2D eigenvalue weighted by Gasteiger charge is 2.28. The Morgan fingerprint density at radius 1 is 1.09 bits per heavy atom. The SMILES string of the molecule is CC(C)(C)c1n[nH]c2nc(-c3ccc(O)cc3F)c(C#N)c(-c3ccc(N4CCNCC4)cc3)c12. The Morgan fingerprint density at radius 2 is 1.80 bits per heavy atom. The van der Waals surface area contributed by atoms with Crippen LogP contribution in [0.15, 0.2) is 42.5 Å². The predicted octanol–water partition coefficient (Wildman–Crippen LogP) is 4.72. The summed E-state index contributed by atoms with van der Waals surface area (Å²) in [5.74, 6) is -0.838. The van der Waals surface area contributed by atoms with Crippen LogP contribution in [0.3, 0.4) is 0 Å². The molecule has 0 saturated carbocycles. The number of aromatic nitrogens is 3. The van der Waals surface area contributed by atoms with E-state index in [1.54, 1.807) is 0 Å². The maximum absolute atomic E-state index is 14.9. The number of halogens is 1. The van der Waals surface area contributed by atoms with Crippen LogP contribution in [-0.4, -0.2) is 46.5 Å². The van der Waals surface area contributed by atoms with Gasteiger partial charge in [0.1, 0.15) is 17.6 Å². The summed E-state index contributed by atoms with van der Waals surface area (Å²) >= 11 is 0. The number of rotatable bonds is 3. The molecule has 2 aromatic carbocycles. The molecule has 0 spiro atoms. The van der Waals surface area contributed by atoms with Gasteiger partial charge in [0.2, 0.25) is 0 Å². The zero-order chi connectivity index (χ0) is 24.7. The Labute approximate surface area is 203 Å². The number of pyridine rings is 1. The molecule has 1 fully saturated rings. The van der Waals surface area contributed by atoms with Crippen molar-refractivity contribution in [2.45, 2.75) is 26.2 Å².